The van der Waals surface area contributed by atoms with Crippen LogP contribution in [0.3, 0.4) is 0 Å². The molecular formula is C15H12ClN3O. The van der Waals surface area contributed by atoms with Gasteiger partial charge in [-0.05, 0) is 37.8 Å². The molecule has 0 saturated carbocycles. The van der Waals surface area contributed by atoms with Crippen LogP contribution < -0.4 is 0 Å². The average Bonchev–Trinajstić information content (AvgIpc) is 2.69. The standard InChI is InChI=1S/C15H12ClN3O/c16-10-7-6-9-12-13(18-19-15(9)20)8-4-2-1-3-5-11(8)17-14(10)12/h6-7H,1-5H2. The van der Waals surface area contributed by atoms with Crippen molar-refractivity contribution in [1.29, 1.82) is 0 Å². The van der Waals surface area contributed by atoms with E-state index in [1.807, 2.05) is 0 Å². The van der Waals surface area contributed by atoms with Crippen molar-refractivity contribution in [3.63, 3.8) is 0 Å². The molecule has 1 aromatic carbocycles. The predicted molar refractivity (Wildman–Crippen MR) is 76.9 cm³/mol. The molecular weight excluding hydrogens is 274 g/mol. The van der Waals surface area contributed by atoms with E-state index in [9.17, 15) is 4.79 Å². The van der Waals surface area contributed by atoms with Gasteiger partial charge in [0.2, 0.25) is 0 Å². The summed E-state index contributed by atoms with van der Waals surface area (Å²) < 4.78 is 0. The molecule has 2 aliphatic rings. The summed E-state index contributed by atoms with van der Waals surface area (Å²) in [5.74, 6) is -0.311. The molecule has 1 aromatic heterocycles. The maximum Gasteiger partial charge on any atom is 0.296 e. The summed E-state index contributed by atoms with van der Waals surface area (Å²) in [5.41, 5.74) is 4.27. The molecule has 20 heavy (non-hydrogen) atoms. The van der Waals surface area contributed by atoms with Crippen molar-refractivity contribution in [3.8, 4) is 0 Å². The van der Waals surface area contributed by atoms with E-state index in [1.165, 1.54) is 6.42 Å². The molecule has 0 unspecified atom stereocenters. The van der Waals surface area contributed by atoms with Gasteiger partial charge in [-0.15, -0.1) is 10.2 Å². The van der Waals surface area contributed by atoms with Crippen molar-refractivity contribution in [2.24, 2.45) is 10.2 Å². The van der Waals surface area contributed by atoms with Gasteiger partial charge >= 0.3 is 0 Å². The lowest BCUT2D eigenvalue weighted by atomic mass is 9.98. The summed E-state index contributed by atoms with van der Waals surface area (Å²) in [6, 6.07) is 3.44. The number of hydrogen-bond donors (Lipinski definition) is 0. The van der Waals surface area contributed by atoms with E-state index in [-0.39, 0.29) is 5.91 Å². The molecule has 2 heterocycles. The fourth-order valence-corrected chi connectivity index (χ4v) is 3.28. The Labute approximate surface area is 120 Å². The lowest BCUT2D eigenvalue weighted by molar-refractivity contribution is 0.0995. The smallest absolute Gasteiger partial charge is 0.265 e. The lowest BCUT2D eigenvalue weighted by Gasteiger charge is -2.16. The van der Waals surface area contributed by atoms with Crippen molar-refractivity contribution >= 4 is 34.1 Å². The number of carbonyl (C=O) groups is 1. The molecule has 4 nitrogen and oxygen atoms in total. The van der Waals surface area contributed by atoms with Crippen molar-refractivity contribution in [2.45, 2.75) is 32.1 Å². The normalized spacial score (nSPS) is 17.1. The van der Waals surface area contributed by atoms with Crippen molar-refractivity contribution in [2.75, 3.05) is 0 Å². The van der Waals surface area contributed by atoms with Gasteiger partial charge in [-0.1, -0.05) is 18.0 Å². The van der Waals surface area contributed by atoms with Crippen LogP contribution in [0, 0.1) is 0 Å². The summed E-state index contributed by atoms with van der Waals surface area (Å²) in [7, 11) is 0. The molecule has 0 radical (unpaired) electrons. The third-order valence-corrected chi connectivity index (χ3v) is 4.36. The van der Waals surface area contributed by atoms with Crippen LogP contribution in [0.15, 0.2) is 22.4 Å². The first-order valence-corrected chi connectivity index (χ1v) is 7.23. The maximum atomic E-state index is 11.9. The highest BCUT2D eigenvalue weighted by molar-refractivity contribution is 6.36. The van der Waals surface area contributed by atoms with Gasteiger partial charge < -0.3 is 0 Å². The second-order valence-electron chi connectivity index (χ2n) is 5.27. The highest BCUT2D eigenvalue weighted by atomic mass is 35.5. The first kappa shape index (κ1) is 12.0. The summed E-state index contributed by atoms with van der Waals surface area (Å²) in [5, 5.41) is 9.29. The molecule has 0 N–H and O–H groups in total. The number of nitrogens with zero attached hydrogens (tertiary/aromatic N) is 3. The number of carbonyl (C=O) groups excluding carboxylic acids is 1. The Morgan fingerprint density at radius 3 is 2.80 bits per heavy atom. The zero-order chi connectivity index (χ0) is 13.7. The van der Waals surface area contributed by atoms with Crippen LogP contribution in [0.2, 0.25) is 5.02 Å². The Hall–Kier alpha value is -1.81. The number of rotatable bonds is 0. The predicted octanol–water partition coefficient (Wildman–Crippen LogP) is 4.39. The number of aromatic nitrogens is 1. The van der Waals surface area contributed by atoms with Crippen molar-refractivity contribution in [1.82, 2.24) is 4.98 Å². The Morgan fingerprint density at radius 1 is 1.05 bits per heavy atom. The summed E-state index contributed by atoms with van der Waals surface area (Å²) in [6.07, 6.45) is 5.36. The van der Waals surface area contributed by atoms with E-state index in [1.54, 1.807) is 12.1 Å². The van der Waals surface area contributed by atoms with Gasteiger partial charge in [-0.2, -0.15) is 0 Å². The van der Waals surface area contributed by atoms with Gasteiger partial charge in [0.05, 0.1) is 16.1 Å². The van der Waals surface area contributed by atoms with Crippen LogP contribution >= 0.6 is 11.6 Å². The average molecular weight is 286 g/mol. The highest BCUT2D eigenvalue weighted by Crippen LogP contribution is 2.41. The second kappa shape index (κ2) is 4.35. The fourth-order valence-electron chi connectivity index (χ4n) is 3.08. The van der Waals surface area contributed by atoms with Crippen LogP contribution in [0.4, 0.5) is 5.69 Å². The fraction of sp³-hybridized carbons (Fsp3) is 0.333. The molecule has 5 heteroatoms. The van der Waals surface area contributed by atoms with E-state index in [0.29, 0.717) is 16.1 Å². The Balaban J connectivity index is 2.16. The molecule has 1 aliphatic carbocycles. The molecule has 100 valence electrons. The van der Waals surface area contributed by atoms with Gasteiger partial charge in [0, 0.05) is 16.6 Å². The number of halogens is 1. The Kier molecular flexibility index (Phi) is 2.60. The second-order valence-corrected chi connectivity index (χ2v) is 5.68. The first-order chi connectivity index (χ1) is 9.75. The molecule has 0 bridgehead atoms. The molecule has 0 atom stereocenters. The minimum absolute atomic E-state index is 0.311. The SMILES string of the molecule is O=C1N=Nc2c3c(nc4c(Cl)ccc1c24)CCCCC3. The maximum absolute atomic E-state index is 11.9. The zero-order valence-electron chi connectivity index (χ0n) is 10.8. The van der Waals surface area contributed by atoms with E-state index in [0.717, 1.165) is 48.0 Å². The Morgan fingerprint density at radius 2 is 1.90 bits per heavy atom. The topological polar surface area (TPSA) is 54.7 Å². The van der Waals surface area contributed by atoms with Gasteiger partial charge in [0.1, 0.15) is 5.69 Å². The van der Waals surface area contributed by atoms with Crippen LogP contribution in [-0.2, 0) is 12.8 Å². The van der Waals surface area contributed by atoms with Crippen molar-refractivity contribution in [3.05, 3.63) is 34.0 Å². The Bertz CT molecular complexity index is 783. The number of pyridine rings is 1. The van der Waals surface area contributed by atoms with Crippen LogP contribution in [0.5, 0.6) is 0 Å². The number of fused-ring (bicyclic) bond motifs is 2. The van der Waals surface area contributed by atoms with E-state index >= 15 is 0 Å². The van der Waals surface area contributed by atoms with E-state index < -0.39 is 0 Å². The third kappa shape index (κ3) is 1.61. The van der Waals surface area contributed by atoms with Crippen molar-refractivity contribution < 1.29 is 4.79 Å². The number of aryl methyl sites for hydroxylation is 1. The quantitative estimate of drug-likeness (QED) is 0.674. The lowest BCUT2D eigenvalue weighted by Crippen LogP contribution is -2.05. The number of benzene rings is 1. The molecule has 0 fully saturated rings. The highest BCUT2D eigenvalue weighted by Gasteiger charge is 2.25. The van der Waals surface area contributed by atoms with Gasteiger partial charge in [0.25, 0.3) is 5.91 Å². The monoisotopic (exact) mass is 285 g/mol. The zero-order valence-corrected chi connectivity index (χ0v) is 11.6. The first-order valence-electron chi connectivity index (χ1n) is 6.86. The minimum atomic E-state index is -0.311. The summed E-state index contributed by atoms with van der Waals surface area (Å²) in [4.78, 5) is 16.6. The molecule has 1 aliphatic heterocycles. The van der Waals surface area contributed by atoms with Gasteiger partial charge in [-0.25, -0.2) is 0 Å². The minimum Gasteiger partial charge on any atom is -0.265 e. The van der Waals surface area contributed by atoms with Crippen LogP contribution in [0.1, 0.15) is 40.9 Å². The number of amides is 1. The third-order valence-electron chi connectivity index (χ3n) is 4.06. The van der Waals surface area contributed by atoms with E-state index in [4.69, 9.17) is 16.6 Å². The van der Waals surface area contributed by atoms with Crippen LogP contribution in [0.25, 0.3) is 10.9 Å². The number of azo groups is 1. The molecule has 0 spiro atoms. The largest absolute Gasteiger partial charge is 0.296 e. The van der Waals surface area contributed by atoms with E-state index in [2.05, 4.69) is 10.2 Å². The number of hydrogen-bond acceptors (Lipinski definition) is 3. The summed E-state index contributed by atoms with van der Waals surface area (Å²) >= 11 is 6.27. The summed E-state index contributed by atoms with van der Waals surface area (Å²) in [6.45, 7) is 0. The molecule has 2 aromatic rings. The molecule has 4 rings (SSSR count). The molecule has 0 saturated heterocycles. The van der Waals surface area contributed by atoms with Crippen LogP contribution in [-0.4, -0.2) is 10.9 Å². The molecule has 1 amide bonds. The van der Waals surface area contributed by atoms with Gasteiger partial charge in [-0.3, -0.25) is 9.78 Å². The van der Waals surface area contributed by atoms with Gasteiger partial charge in [0.15, 0.2) is 0 Å².